The SMILES string of the molecule is CCOc1cc2c(cc1OC)-c1cc(=Nc3c(C)cc(C)cc3C)n(CCNC(=O)/C(NN)=C(/N)OC)c(=O)n1CC2. The van der Waals surface area contributed by atoms with Gasteiger partial charge in [-0.2, -0.15) is 0 Å². The van der Waals surface area contributed by atoms with Crippen molar-refractivity contribution in [2.24, 2.45) is 16.6 Å². The number of methoxy groups -OCH3 is 2. The Labute approximate surface area is 244 Å². The van der Waals surface area contributed by atoms with Crippen LogP contribution in [0.5, 0.6) is 11.5 Å². The molecule has 0 aliphatic carbocycles. The second-order valence-corrected chi connectivity index (χ2v) is 10.0. The Bertz CT molecular complexity index is 1650. The number of hydrazine groups is 1. The molecule has 0 atom stereocenters. The van der Waals surface area contributed by atoms with Gasteiger partial charge in [-0.3, -0.25) is 19.8 Å². The van der Waals surface area contributed by atoms with Gasteiger partial charge in [0.1, 0.15) is 5.49 Å². The van der Waals surface area contributed by atoms with Gasteiger partial charge in [0.05, 0.1) is 32.2 Å². The van der Waals surface area contributed by atoms with Crippen molar-refractivity contribution in [2.75, 3.05) is 27.4 Å². The third kappa shape index (κ3) is 5.98. The van der Waals surface area contributed by atoms with E-state index in [1.165, 1.54) is 7.11 Å². The number of nitrogens with one attached hydrogen (secondary N) is 2. The average molecular weight is 578 g/mol. The Morgan fingerprint density at radius 1 is 1.07 bits per heavy atom. The van der Waals surface area contributed by atoms with Crippen LogP contribution in [0.15, 0.2) is 51.7 Å². The smallest absolute Gasteiger partial charge is 0.330 e. The number of carbonyl (C=O) groups excluding carboxylic acids is 1. The lowest BCUT2D eigenvalue weighted by Gasteiger charge is -2.25. The van der Waals surface area contributed by atoms with Crippen molar-refractivity contribution < 1.29 is 19.0 Å². The zero-order valence-electron chi connectivity index (χ0n) is 25.0. The Hall–Kier alpha value is -4.71. The summed E-state index contributed by atoms with van der Waals surface area (Å²) in [4.78, 5) is 31.7. The van der Waals surface area contributed by atoms with E-state index in [4.69, 9.17) is 30.8 Å². The second kappa shape index (κ2) is 12.9. The van der Waals surface area contributed by atoms with Crippen LogP contribution in [0.3, 0.4) is 0 Å². The number of nitrogens with zero attached hydrogens (tertiary/aromatic N) is 3. The first-order valence-electron chi connectivity index (χ1n) is 13.7. The standard InChI is InChI=1S/C30H39N7O5/c1-7-42-24-14-20-8-10-36-22(21(20)15-23(24)40-5)16-25(34-26-18(3)12-17(2)13-19(26)4)37(30(36)39)11-9-33-29(38)27(35-32)28(31)41-6/h12-16,35H,7-11,31-32H2,1-6H3,(H,33,38)/b28-27+,34-25?. The summed E-state index contributed by atoms with van der Waals surface area (Å²) < 4.78 is 19.6. The van der Waals surface area contributed by atoms with Crippen LogP contribution < -0.4 is 43.0 Å². The summed E-state index contributed by atoms with van der Waals surface area (Å²) in [5.74, 6) is 5.99. The Morgan fingerprint density at radius 2 is 1.79 bits per heavy atom. The Morgan fingerprint density at radius 3 is 2.40 bits per heavy atom. The fourth-order valence-corrected chi connectivity index (χ4v) is 5.26. The predicted octanol–water partition coefficient (Wildman–Crippen LogP) is 1.79. The fraction of sp³-hybridized carbons (Fsp3) is 0.367. The minimum Gasteiger partial charge on any atom is -0.493 e. The molecule has 0 spiro atoms. The molecule has 12 heteroatoms. The molecule has 1 aromatic heterocycles. The molecule has 2 heterocycles. The van der Waals surface area contributed by atoms with Crippen molar-refractivity contribution in [1.82, 2.24) is 19.9 Å². The number of fused-ring (bicyclic) bond motifs is 3. The van der Waals surface area contributed by atoms with Crippen molar-refractivity contribution in [3.05, 3.63) is 80.1 Å². The third-order valence-electron chi connectivity index (χ3n) is 7.19. The minimum atomic E-state index is -0.564. The summed E-state index contributed by atoms with van der Waals surface area (Å²) >= 11 is 0. The number of aryl methyl sites for hydroxylation is 4. The van der Waals surface area contributed by atoms with Gasteiger partial charge in [0, 0.05) is 31.3 Å². The maximum atomic E-state index is 14.0. The summed E-state index contributed by atoms with van der Waals surface area (Å²) in [6, 6.07) is 9.93. The van der Waals surface area contributed by atoms with E-state index in [0.29, 0.717) is 36.6 Å². The molecule has 6 N–H and O–H groups in total. The van der Waals surface area contributed by atoms with Crippen LogP contribution in [0.4, 0.5) is 5.69 Å². The number of amides is 1. The van der Waals surface area contributed by atoms with Crippen LogP contribution in [-0.2, 0) is 29.0 Å². The molecule has 0 radical (unpaired) electrons. The van der Waals surface area contributed by atoms with E-state index in [2.05, 4.69) is 22.9 Å². The van der Waals surface area contributed by atoms with Crippen molar-refractivity contribution in [3.63, 3.8) is 0 Å². The van der Waals surface area contributed by atoms with Gasteiger partial charge in [0.25, 0.3) is 5.91 Å². The van der Waals surface area contributed by atoms with Gasteiger partial charge in [0.2, 0.25) is 5.88 Å². The monoisotopic (exact) mass is 577 g/mol. The normalized spacial score (nSPS) is 13.1. The van der Waals surface area contributed by atoms with Crippen LogP contribution in [-0.4, -0.2) is 42.4 Å². The fourth-order valence-electron chi connectivity index (χ4n) is 5.26. The van der Waals surface area contributed by atoms with E-state index >= 15 is 0 Å². The maximum absolute atomic E-state index is 14.0. The molecular formula is C30H39N7O5. The molecule has 1 aliphatic heterocycles. The van der Waals surface area contributed by atoms with Crippen molar-refractivity contribution >= 4 is 11.6 Å². The minimum absolute atomic E-state index is 0.108. The number of carbonyl (C=O) groups is 1. The van der Waals surface area contributed by atoms with E-state index in [1.54, 1.807) is 16.2 Å². The first-order valence-corrected chi connectivity index (χ1v) is 13.7. The third-order valence-corrected chi connectivity index (χ3v) is 7.19. The van der Waals surface area contributed by atoms with E-state index < -0.39 is 5.91 Å². The number of rotatable bonds is 10. The van der Waals surface area contributed by atoms with Gasteiger partial charge in [-0.05, 0) is 62.9 Å². The number of hydrogen-bond donors (Lipinski definition) is 4. The van der Waals surface area contributed by atoms with Crippen molar-refractivity contribution in [2.45, 2.75) is 47.2 Å². The lowest BCUT2D eigenvalue weighted by molar-refractivity contribution is -0.118. The highest BCUT2D eigenvalue weighted by molar-refractivity contribution is 5.93. The van der Waals surface area contributed by atoms with Gasteiger partial charge in [-0.25, -0.2) is 9.79 Å². The molecule has 224 valence electrons. The molecule has 0 saturated carbocycles. The molecule has 42 heavy (non-hydrogen) atoms. The lowest BCUT2D eigenvalue weighted by atomic mass is 9.97. The Balaban J connectivity index is 1.86. The summed E-state index contributed by atoms with van der Waals surface area (Å²) in [6.07, 6.45) is 0.641. The summed E-state index contributed by atoms with van der Waals surface area (Å²) in [5, 5.41) is 2.73. The van der Waals surface area contributed by atoms with Gasteiger partial charge < -0.3 is 30.7 Å². The zero-order valence-corrected chi connectivity index (χ0v) is 25.0. The van der Waals surface area contributed by atoms with Crippen LogP contribution in [0.25, 0.3) is 11.3 Å². The molecule has 3 aromatic rings. The number of benzene rings is 2. The van der Waals surface area contributed by atoms with Gasteiger partial charge in [-0.15, -0.1) is 0 Å². The van der Waals surface area contributed by atoms with Crippen LogP contribution in [0.1, 0.15) is 29.2 Å². The van der Waals surface area contributed by atoms with Crippen LogP contribution in [0, 0.1) is 20.8 Å². The largest absolute Gasteiger partial charge is 0.493 e. The summed E-state index contributed by atoms with van der Waals surface area (Å²) in [6.45, 7) is 9.20. The highest BCUT2D eigenvalue weighted by Gasteiger charge is 2.23. The van der Waals surface area contributed by atoms with Crippen LogP contribution in [0.2, 0.25) is 0 Å². The number of ether oxygens (including phenoxy) is 3. The molecule has 4 rings (SSSR count). The number of hydrogen-bond acceptors (Lipinski definition) is 9. The molecule has 1 aliphatic rings. The summed E-state index contributed by atoms with van der Waals surface area (Å²) in [5.41, 5.74) is 14.6. The number of aromatic nitrogens is 2. The molecule has 0 saturated heterocycles. The first-order chi connectivity index (χ1) is 20.1. The molecular weight excluding hydrogens is 538 g/mol. The first kappa shape index (κ1) is 30.3. The molecule has 0 fully saturated rings. The lowest BCUT2D eigenvalue weighted by Crippen LogP contribution is -2.45. The van der Waals surface area contributed by atoms with Gasteiger partial charge >= 0.3 is 5.69 Å². The molecule has 0 unspecified atom stereocenters. The molecule has 1 amide bonds. The molecule has 2 aromatic carbocycles. The summed E-state index contributed by atoms with van der Waals surface area (Å²) in [7, 11) is 2.93. The second-order valence-electron chi connectivity index (χ2n) is 10.0. The van der Waals surface area contributed by atoms with E-state index in [1.807, 2.05) is 45.9 Å². The number of nitrogens with two attached hydrogens (primary N) is 2. The quantitative estimate of drug-likeness (QED) is 0.123. The predicted molar refractivity (Wildman–Crippen MR) is 160 cm³/mol. The van der Waals surface area contributed by atoms with Gasteiger partial charge in [0.15, 0.2) is 17.2 Å². The highest BCUT2D eigenvalue weighted by Crippen LogP contribution is 2.37. The van der Waals surface area contributed by atoms with Gasteiger partial charge in [-0.1, -0.05) is 17.7 Å². The molecule has 12 nitrogen and oxygen atoms in total. The van der Waals surface area contributed by atoms with E-state index in [-0.39, 0.29) is 30.4 Å². The highest BCUT2D eigenvalue weighted by atomic mass is 16.5. The molecule has 0 bridgehead atoms. The maximum Gasteiger partial charge on any atom is 0.330 e. The zero-order chi connectivity index (χ0) is 30.6. The van der Waals surface area contributed by atoms with Crippen molar-refractivity contribution in [3.8, 4) is 22.8 Å². The Kier molecular flexibility index (Phi) is 9.26. The average Bonchev–Trinajstić information content (AvgIpc) is 2.96. The van der Waals surface area contributed by atoms with Crippen LogP contribution >= 0.6 is 0 Å². The van der Waals surface area contributed by atoms with E-state index in [0.717, 1.165) is 39.2 Å². The van der Waals surface area contributed by atoms with Crippen molar-refractivity contribution in [1.29, 1.82) is 0 Å². The van der Waals surface area contributed by atoms with E-state index in [9.17, 15) is 9.59 Å². The topological polar surface area (TPSA) is 160 Å².